The molecule has 1 heterocycles. The molecule has 1 saturated heterocycles. The molecule has 1 aliphatic heterocycles. The van der Waals surface area contributed by atoms with Gasteiger partial charge >= 0.3 is 0 Å². The molecule has 3 aromatic rings. The van der Waals surface area contributed by atoms with Gasteiger partial charge in [-0.3, -0.25) is 4.79 Å². The van der Waals surface area contributed by atoms with Gasteiger partial charge in [0.1, 0.15) is 0 Å². The van der Waals surface area contributed by atoms with Crippen LogP contribution >= 0.6 is 0 Å². The second kappa shape index (κ2) is 9.89. The van der Waals surface area contributed by atoms with E-state index in [9.17, 15) is 13.2 Å². The van der Waals surface area contributed by atoms with E-state index in [-0.39, 0.29) is 23.4 Å². The highest BCUT2D eigenvalue weighted by molar-refractivity contribution is 7.89. The van der Waals surface area contributed by atoms with Gasteiger partial charge in [0.25, 0.3) is 0 Å². The van der Waals surface area contributed by atoms with E-state index in [1.165, 1.54) is 4.31 Å². The lowest BCUT2D eigenvalue weighted by atomic mass is 9.94. The molecule has 0 saturated carbocycles. The lowest BCUT2D eigenvalue weighted by Gasteiger charge is -2.32. The molecule has 1 fully saturated rings. The summed E-state index contributed by atoms with van der Waals surface area (Å²) in [4.78, 5) is 13.6. The third-order valence-corrected chi connectivity index (χ3v) is 8.12. The molecule has 4 rings (SSSR count). The summed E-state index contributed by atoms with van der Waals surface area (Å²) in [6.45, 7) is 4.58. The van der Waals surface area contributed by atoms with Crippen LogP contribution < -0.4 is 5.32 Å². The monoisotopic (exact) mass is 462 g/mol. The number of aryl methyl sites for hydroxylation is 2. The molecule has 172 valence electrons. The minimum atomic E-state index is -3.63. The van der Waals surface area contributed by atoms with E-state index in [4.69, 9.17) is 0 Å². The molecule has 1 N–H and O–H groups in total. The first-order chi connectivity index (χ1) is 15.8. The van der Waals surface area contributed by atoms with Crippen molar-refractivity contribution in [3.63, 3.8) is 0 Å². The Labute approximate surface area is 196 Å². The fourth-order valence-corrected chi connectivity index (χ4v) is 5.78. The smallest absolute Gasteiger partial charge is 0.243 e. The Kier molecular flexibility index (Phi) is 6.96. The van der Waals surface area contributed by atoms with Gasteiger partial charge in [0.05, 0.1) is 16.9 Å². The van der Waals surface area contributed by atoms with Crippen molar-refractivity contribution in [3.8, 4) is 0 Å². The minimum absolute atomic E-state index is 0.117. The number of nitrogens with one attached hydrogen (secondary N) is 1. The van der Waals surface area contributed by atoms with Crippen LogP contribution in [0, 0.1) is 19.8 Å². The minimum Gasteiger partial charge on any atom is -0.345 e. The largest absolute Gasteiger partial charge is 0.345 e. The highest BCUT2D eigenvalue weighted by atomic mass is 32.2. The summed E-state index contributed by atoms with van der Waals surface area (Å²) in [5, 5.41) is 3.20. The van der Waals surface area contributed by atoms with E-state index in [1.807, 2.05) is 68.4 Å². The Hall–Kier alpha value is -2.96. The number of carbonyl (C=O) groups is 1. The molecule has 2 unspecified atom stereocenters. The molecule has 1 aliphatic rings. The van der Waals surface area contributed by atoms with Crippen LogP contribution in [0.5, 0.6) is 0 Å². The van der Waals surface area contributed by atoms with Crippen molar-refractivity contribution in [2.45, 2.75) is 37.6 Å². The molecule has 0 spiro atoms. The van der Waals surface area contributed by atoms with E-state index in [2.05, 4.69) is 5.32 Å². The molecule has 6 heteroatoms. The number of rotatable bonds is 6. The van der Waals surface area contributed by atoms with Crippen molar-refractivity contribution in [3.05, 3.63) is 101 Å². The standard InChI is InChI=1S/C27H30N2O3S/c1-20-10-14-23(15-11-20)26(22-7-4-3-5-8-22)28-27(30)24-9-6-18-29(19-24)33(31,32)25-16-12-21(2)13-17-25/h3-5,7-8,10-17,24,26H,6,9,18-19H2,1-2H3,(H,28,30). The van der Waals surface area contributed by atoms with Crippen LogP contribution in [0.3, 0.4) is 0 Å². The molecule has 2 atom stereocenters. The summed E-state index contributed by atoms with van der Waals surface area (Å²) >= 11 is 0. The van der Waals surface area contributed by atoms with E-state index >= 15 is 0 Å². The van der Waals surface area contributed by atoms with Crippen LogP contribution in [0.1, 0.15) is 41.1 Å². The van der Waals surface area contributed by atoms with Crippen molar-refractivity contribution in [2.24, 2.45) is 5.92 Å². The molecule has 0 bridgehead atoms. The van der Waals surface area contributed by atoms with Gasteiger partial charge in [-0.15, -0.1) is 0 Å². The number of carbonyl (C=O) groups excluding carboxylic acids is 1. The third-order valence-electron chi connectivity index (χ3n) is 6.24. The SMILES string of the molecule is Cc1ccc(C(NC(=O)C2CCCN(S(=O)(=O)c3ccc(C)cc3)C2)c2ccccc2)cc1. The maximum atomic E-state index is 13.3. The van der Waals surface area contributed by atoms with Crippen LogP contribution in [-0.2, 0) is 14.8 Å². The molecular formula is C27H30N2O3S. The maximum Gasteiger partial charge on any atom is 0.243 e. The van der Waals surface area contributed by atoms with E-state index in [1.54, 1.807) is 24.3 Å². The zero-order chi connectivity index (χ0) is 23.4. The van der Waals surface area contributed by atoms with Gasteiger partial charge in [-0.2, -0.15) is 4.31 Å². The molecule has 3 aromatic carbocycles. The number of sulfonamides is 1. The van der Waals surface area contributed by atoms with Gasteiger partial charge in [-0.1, -0.05) is 77.9 Å². The molecule has 0 radical (unpaired) electrons. The summed E-state index contributed by atoms with van der Waals surface area (Å²) in [7, 11) is -3.63. The van der Waals surface area contributed by atoms with Crippen LogP contribution in [0.2, 0.25) is 0 Å². The lowest BCUT2D eigenvalue weighted by Crippen LogP contribution is -2.46. The summed E-state index contributed by atoms with van der Waals surface area (Å²) < 4.78 is 27.8. The summed E-state index contributed by atoms with van der Waals surface area (Å²) in [6.07, 6.45) is 1.32. The van der Waals surface area contributed by atoms with Gasteiger partial charge in [-0.05, 0) is 49.9 Å². The fraction of sp³-hybridized carbons (Fsp3) is 0.296. The summed E-state index contributed by atoms with van der Waals surface area (Å²) in [6, 6.07) is 24.6. The third kappa shape index (κ3) is 5.34. The Morgan fingerprint density at radius 1 is 0.879 bits per heavy atom. The van der Waals surface area contributed by atoms with Crippen molar-refractivity contribution in [2.75, 3.05) is 13.1 Å². The predicted octanol–water partition coefficient (Wildman–Crippen LogP) is 4.61. The first-order valence-corrected chi connectivity index (χ1v) is 12.8. The van der Waals surface area contributed by atoms with Crippen molar-refractivity contribution in [1.82, 2.24) is 9.62 Å². The average molecular weight is 463 g/mol. The first kappa shape index (κ1) is 23.2. The van der Waals surface area contributed by atoms with Gasteiger partial charge in [0, 0.05) is 13.1 Å². The van der Waals surface area contributed by atoms with Crippen molar-refractivity contribution in [1.29, 1.82) is 0 Å². The van der Waals surface area contributed by atoms with Crippen LogP contribution in [0.25, 0.3) is 0 Å². The number of benzene rings is 3. The zero-order valence-corrected chi connectivity index (χ0v) is 19.9. The second-order valence-electron chi connectivity index (χ2n) is 8.78. The number of amides is 1. The topological polar surface area (TPSA) is 66.5 Å². The zero-order valence-electron chi connectivity index (χ0n) is 19.1. The first-order valence-electron chi connectivity index (χ1n) is 11.3. The van der Waals surface area contributed by atoms with Gasteiger partial charge in [0.15, 0.2) is 0 Å². The second-order valence-corrected chi connectivity index (χ2v) is 10.7. The van der Waals surface area contributed by atoms with Gasteiger partial charge < -0.3 is 5.32 Å². The summed E-state index contributed by atoms with van der Waals surface area (Å²) in [5.41, 5.74) is 4.16. The normalized spacial score (nSPS) is 17.9. The van der Waals surface area contributed by atoms with Crippen LogP contribution in [-0.4, -0.2) is 31.7 Å². The highest BCUT2D eigenvalue weighted by Crippen LogP contribution is 2.27. The lowest BCUT2D eigenvalue weighted by molar-refractivity contribution is -0.126. The number of hydrogen-bond donors (Lipinski definition) is 1. The Bertz CT molecular complexity index is 1190. The molecule has 33 heavy (non-hydrogen) atoms. The number of hydrogen-bond acceptors (Lipinski definition) is 3. The van der Waals surface area contributed by atoms with E-state index in [0.717, 1.165) is 22.3 Å². The molecule has 0 aliphatic carbocycles. The van der Waals surface area contributed by atoms with Crippen LogP contribution in [0.4, 0.5) is 0 Å². The quantitative estimate of drug-likeness (QED) is 0.582. The average Bonchev–Trinajstić information content (AvgIpc) is 2.84. The number of piperidine rings is 1. The fourth-order valence-electron chi connectivity index (χ4n) is 4.26. The molecule has 5 nitrogen and oxygen atoms in total. The highest BCUT2D eigenvalue weighted by Gasteiger charge is 2.34. The van der Waals surface area contributed by atoms with Gasteiger partial charge in [-0.25, -0.2) is 8.42 Å². The molecule has 1 amide bonds. The Morgan fingerprint density at radius 3 is 2.09 bits per heavy atom. The maximum absolute atomic E-state index is 13.3. The molecular weight excluding hydrogens is 432 g/mol. The molecule has 0 aromatic heterocycles. The Balaban J connectivity index is 1.53. The van der Waals surface area contributed by atoms with Crippen LogP contribution in [0.15, 0.2) is 83.8 Å². The van der Waals surface area contributed by atoms with E-state index in [0.29, 0.717) is 19.4 Å². The van der Waals surface area contributed by atoms with Crippen molar-refractivity contribution < 1.29 is 13.2 Å². The Morgan fingerprint density at radius 2 is 1.45 bits per heavy atom. The van der Waals surface area contributed by atoms with E-state index < -0.39 is 15.9 Å². The predicted molar refractivity (Wildman–Crippen MR) is 130 cm³/mol. The summed E-state index contributed by atoms with van der Waals surface area (Å²) in [5.74, 6) is -0.510. The number of nitrogens with zero attached hydrogens (tertiary/aromatic N) is 1. The van der Waals surface area contributed by atoms with Crippen molar-refractivity contribution >= 4 is 15.9 Å². The van der Waals surface area contributed by atoms with Gasteiger partial charge in [0.2, 0.25) is 15.9 Å².